The van der Waals surface area contributed by atoms with Gasteiger partial charge >= 0.3 is 5.97 Å². The summed E-state index contributed by atoms with van der Waals surface area (Å²) in [5.74, 6) is -0.261. The highest BCUT2D eigenvalue weighted by Gasteiger charge is 2.21. The summed E-state index contributed by atoms with van der Waals surface area (Å²) in [5, 5.41) is 20.1. The van der Waals surface area contributed by atoms with Gasteiger partial charge in [-0.2, -0.15) is 0 Å². The van der Waals surface area contributed by atoms with E-state index < -0.39 is 17.0 Å². The van der Waals surface area contributed by atoms with Crippen molar-refractivity contribution in [3.05, 3.63) is 64.2 Å². The highest BCUT2D eigenvalue weighted by molar-refractivity contribution is 5.73. The molecule has 0 aliphatic carbocycles. The van der Waals surface area contributed by atoms with Gasteiger partial charge in [0.1, 0.15) is 11.5 Å². The predicted molar refractivity (Wildman–Crippen MR) is 81.8 cm³/mol. The van der Waals surface area contributed by atoms with Gasteiger partial charge in [-0.25, -0.2) is 4.79 Å². The van der Waals surface area contributed by atoms with Gasteiger partial charge in [0.2, 0.25) is 0 Å². The number of ether oxygens (including phenoxy) is 2. The molecule has 120 valence electrons. The highest BCUT2D eigenvalue weighted by Crippen LogP contribution is 2.22. The second kappa shape index (κ2) is 7.26. The maximum Gasteiger partial charge on any atom is 0.345 e. The maximum atomic E-state index is 11.4. The number of nitrogens with zero attached hydrogens (tertiary/aromatic N) is 1. The number of methoxy groups -OCH3 is 1. The first-order chi connectivity index (χ1) is 11.0. The van der Waals surface area contributed by atoms with Crippen molar-refractivity contribution in [3.8, 4) is 11.5 Å². The summed E-state index contributed by atoms with van der Waals surface area (Å²) in [5.41, 5.74) is 0.419. The Kier molecular flexibility index (Phi) is 5.14. The molecule has 0 bridgehead atoms. The SMILES string of the molecule is COc1cccc(O[C@H](Cc2cccc([N+](=O)[O-])c2)C(=O)O)c1. The van der Waals surface area contributed by atoms with Crippen molar-refractivity contribution in [2.24, 2.45) is 0 Å². The number of carboxylic acid groups (broad SMARTS) is 1. The topological polar surface area (TPSA) is 98.9 Å². The second-order valence-corrected chi connectivity index (χ2v) is 4.75. The first kappa shape index (κ1) is 16.3. The van der Waals surface area contributed by atoms with E-state index in [2.05, 4.69) is 0 Å². The molecule has 0 saturated heterocycles. The molecule has 0 unspecified atom stereocenters. The Morgan fingerprint density at radius 3 is 2.57 bits per heavy atom. The molecule has 0 fully saturated rings. The van der Waals surface area contributed by atoms with Gasteiger partial charge < -0.3 is 14.6 Å². The van der Waals surface area contributed by atoms with Crippen LogP contribution in [0, 0.1) is 10.1 Å². The van der Waals surface area contributed by atoms with Crippen LogP contribution in [0.2, 0.25) is 0 Å². The number of rotatable bonds is 7. The molecule has 2 aromatic carbocycles. The van der Waals surface area contributed by atoms with Gasteiger partial charge in [0.25, 0.3) is 5.69 Å². The minimum absolute atomic E-state index is 0.00816. The van der Waals surface area contributed by atoms with Crippen molar-refractivity contribution in [2.75, 3.05) is 7.11 Å². The largest absolute Gasteiger partial charge is 0.497 e. The number of non-ortho nitro benzene ring substituents is 1. The van der Waals surface area contributed by atoms with Crippen LogP contribution in [-0.2, 0) is 11.2 Å². The Morgan fingerprint density at radius 1 is 1.22 bits per heavy atom. The number of hydrogen-bond donors (Lipinski definition) is 1. The Morgan fingerprint density at radius 2 is 1.91 bits per heavy atom. The van der Waals surface area contributed by atoms with Crippen LogP contribution in [0.5, 0.6) is 11.5 Å². The van der Waals surface area contributed by atoms with Crippen molar-refractivity contribution < 1.29 is 24.3 Å². The third-order valence-electron chi connectivity index (χ3n) is 3.14. The lowest BCUT2D eigenvalue weighted by atomic mass is 10.1. The van der Waals surface area contributed by atoms with Crippen LogP contribution in [0.15, 0.2) is 48.5 Å². The molecule has 0 radical (unpaired) electrons. The first-order valence-electron chi connectivity index (χ1n) is 6.76. The summed E-state index contributed by atoms with van der Waals surface area (Å²) in [4.78, 5) is 21.6. The standard InChI is InChI=1S/C16H15NO6/c1-22-13-6-3-7-14(10-13)23-15(16(18)19)9-11-4-2-5-12(8-11)17(20)21/h2-8,10,15H,9H2,1H3,(H,18,19)/t15-/m1/s1. The minimum Gasteiger partial charge on any atom is -0.497 e. The Balaban J connectivity index is 2.17. The van der Waals surface area contributed by atoms with Crippen LogP contribution in [0.3, 0.4) is 0 Å². The van der Waals surface area contributed by atoms with Crippen molar-refractivity contribution >= 4 is 11.7 Å². The first-order valence-corrected chi connectivity index (χ1v) is 6.76. The van der Waals surface area contributed by atoms with Crippen LogP contribution >= 0.6 is 0 Å². The zero-order valence-corrected chi connectivity index (χ0v) is 12.3. The molecule has 0 saturated carbocycles. The van der Waals surface area contributed by atoms with E-state index in [0.717, 1.165) is 0 Å². The van der Waals surface area contributed by atoms with Crippen LogP contribution in [0.1, 0.15) is 5.56 Å². The molecule has 0 aromatic heterocycles. The van der Waals surface area contributed by atoms with E-state index in [-0.39, 0.29) is 12.1 Å². The summed E-state index contributed by atoms with van der Waals surface area (Å²) >= 11 is 0. The molecule has 1 N–H and O–H groups in total. The molecule has 23 heavy (non-hydrogen) atoms. The number of hydrogen-bond acceptors (Lipinski definition) is 5. The van der Waals surface area contributed by atoms with E-state index in [1.54, 1.807) is 30.3 Å². The van der Waals surface area contributed by atoms with E-state index in [4.69, 9.17) is 9.47 Å². The summed E-state index contributed by atoms with van der Waals surface area (Å²) < 4.78 is 10.5. The number of benzene rings is 2. The fourth-order valence-corrected chi connectivity index (χ4v) is 2.03. The number of nitro groups is 1. The van der Waals surface area contributed by atoms with Crippen molar-refractivity contribution in [3.63, 3.8) is 0 Å². The van der Waals surface area contributed by atoms with Gasteiger partial charge in [-0.1, -0.05) is 18.2 Å². The molecule has 7 nitrogen and oxygen atoms in total. The normalized spacial score (nSPS) is 11.5. The number of carboxylic acids is 1. The molecule has 1 atom stereocenters. The lowest BCUT2D eigenvalue weighted by molar-refractivity contribution is -0.384. The van der Waals surface area contributed by atoms with Gasteiger partial charge in [0, 0.05) is 24.6 Å². The average molecular weight is 317 g/mol. The van der Waals surface area contributed by atoms with Gasteiger partial charge in [0.05, 0.1) is 12.0 Å². The van der Waals surface area contributed by atoms with Crippen molar-refractivity contribution in [1.29, 1.82) is 0 Å². The maximum absolute atomic E-state index is 11.4. The molecule has 0 amide bonds. The molecule has 0 heterocycles. The minimum atomic E-state index is -1.16. The molecule has 0 spiro atoms. The van der Waals surface area contributed by atoms with Gasteiger partial charge in [0.15, 0.2) is 6.10 Å². The number of aliphatic carboxylic acids is 1. The molecule has 0 aliphatic heterocycles. The van der Waals surface area contributed by atoms with E-state index in [1.165, 1.54) is 25.3 Å². The predicted octanol–water partition coefficient (Wildman–Crippen LogP) is 2.68. The van der Waals surface area contributed by atoms with Crippen LogP contribution in [0.4, 0.5) is 5.69 Å². The summed E-state index contributed by atoms with van der Waals surface area (Å²) in [7, 11) is 1.50. The molecular weight excluding hydrogens is 302 g/mol. The van der Waals surface area contributed by atoms with Crippen LogP contribution < -0.4 is 9.47 Å². The highest BCUT2D eigenvalue weighted by atomic mass is 16.6. The monoisotopic (exact) mass is 317 g/mol. The van der Waals surface area contributed by atoms with Crippen molar-refractivity contribution in [1.82, 2.24) is 0 Å². The second-order valence-electron chi connectivity index (χ2n) is 4.75. The molecule has 0 aliphatic rings. The number of carbonyl (C=O) groups is 1. The van der Waals surface area contributed by atoms with Gasteiger partial charge in [-0.15, -0.1) is 0 Å². The van der Waals surface area contributed by atoms with Crippen molar-refractivity contribution in [2.45, 2.75) is 12.5 Å². The zero-order valence-electron chi connectivity index (χ0n) is 12.3. The average Bonchev–Trinajstić information content (AvgIpc) is 2.54. The van der Waals surface area contributed by atoms with Gasteiger partial charge in [-0.05, 0) is 17.7 Å². The fraction of sp³-hybridized carbons (Fsp3) is 0.188. The fourth-order valence-electron chi connectivity index (χ4n) is 2.03. The molecule has 7 heteroatoms. The smallest absolute Gasteiger partial charge is 0.345 e. The van der Waals surface area contributed by atoms with E-state index in [1.807, 2.05) is 0 Å². The van der Waals surface area contributed by atoms with Gasteiger partial charge in [-0.3, -0.25) is 10.1 Å². The Labute approximate surface area is 132 Å². The Hall–Kier alpha value is -3.09. The van der Waals surface area contributed by atoms with E-state index in [0.29, 0.717) is 17.1 Å². The Bertz CT molecular complexity index is 715. The van der Waals surface area contributed by atoms with Crippen LogP contribution in [-0.4, -0.2) is 29.2 Å². The quantitative estimate of drug-likeness (QED) is 0.622. The third-order valence-corrected chi connectivity index (χ3v) is 3.14. The van der Waals surface area contributed by atoms with E-state index in [9.17, 15) is 20.0 Å². The third kappa shape index (κ3) is 4.44. The molecule has 2 rings (SSSR count). The zero-order chi connectivity index (χ0) is 16.8. The number of nitro benzene ring substituents is 1. The lowest BCUT2D eigenvalue weighted by Crippen LogP contribution is -2.29. The summed E-state index contributed by atoms with van der Waals surface area (Å²) in [6, 6.07) is 12.4. The molecular formula is C16H15NO6. The lowest BCUT2D eigenvalue weighted by Gasteiger charge is -2.15. The van der Waals surface area contributed by atoms with E-state index >= 15 is 0 Å². The summed E-state index contributed by atoms with van der Waals surface area (Å²) in [6.07, 6.45) is -1.15. The summed E-state index contributed by atoms with van der Waals surface area (Å²) in [6.45, 7) is 0. The van der Waals surface area contributed by atoms with Crippen LogP contribution in [0.25, 0.3) is 0 Å². The molecule has 2 aromatic rings.